The number of nitrogens with zero attached hydrogens (tertiary/aromatic N) is 1. The van der Waals surface area contributed by atoms with Crippen LogP contribution in [0.5, 0.6) is 0 Å². The van der Waals surface area contributed by atoms with Gasteiger partial charge in [-0.3, -0.25) is 0 Å². The van der Waals surface area contributed by atoms with Crippen LogP contribution >= 0.6 is 11.8 Å². The molecule has 0 saturated carbocycles. The summed E-state index contributed by atoms with van der Waals surface area (Å²) in [5, 5.41) is 0.240. The number of morpholine rings is 1. The van der Waals surface area contributed by atoms with Crippen LogP contribution in [0.3, 0.4) is 0 Å². The van der Waals surface area contributed by atoms with Crippen molar-refractivity contribution in [3.8, 4) is 11.1 Å². The minimum absolute atomic E-state index is 0.240. The minimum atomic E-state index is -0.692. The van der Waals surface area contributed by atoms with Gasteiger partial charge in [-0.1, -0.05) is 0 Å². The Kier molecular flexibility index (Phi) is 9.38. The first-order valence-corrected chi connectivity index (χ1v) is 14.1. The quantitative estimate of drug-likeness (QED) is 0.488. The summed E-state index contributed by atoms with van der Waals surface area (Å²) in [7, 11) is 0. The molecule has 3 rings (SSSR count). The molecule has 0 aliphatic carbocycles. The third-order valence-electron chi connectivity index (χ3n) is 5.03. The predicted molar refractivity (Wildman–Crippen MR) is 121 cm³/mol. The van der Waals surface area contributed by atoms with Crippen LogP contribution in [0.4, 0.5) is 0 Å². The van der Waals surface area contributed by atoms with Gasteiger partial charge >= 0.3 is 184 Å². The normalized spacial score (nSPS) is 16.0. The molecule has 1 heterocycles. The summed E-state index contributed by atoms with van der Waals surface area (Å²) in [6.45, 7) is 6.70. The Morgan fingerprint density at radius 3 is 2.39 bits per heavy atom. The van der Waals surface area contributed by atoms with Crippen LogP contribution < -0.4 is 3.58 Å². The second kappa shape index (κ2) is 12.0. The number of hydrogen-bond acceptors (Lipinski definition) is 4. The molecule has 2 radical (unpaired) electrons. The monoisotopic (exact) mass is 503 g/mol. The summed E-state index contributed by atoms with van der Waals surface area (Å²) in [6.07, 6.45) is 2.42. The third-order valence-corrected chi connectivity index (χ3v) is 10.6. The number of rotatable bonds is 9. The van der Waals surface area contributed by atoms with Crippen LogP contribution in [-0.4, -0.2) is 69.8 Å². The number of thioether (sulfide) groups is 1. The molecular weight excluding hydrogens is 473 g/mol. The number of carbonyl (C=O) groups is 1. The molecule has 0 aromatic heterocycles. The molecule has 2 aromatic carbocycles. The van der Waals surface area contributed by atoms with Gasteiger partial charge in [0.15, 0.2) is 0 Å². The van der Waals surface area contributed by atoms with Crippen LogP contribution in [0.2, 0.25) is 3.93 Å². The van der Waals surface area contributed by atoms with E-state index in [-0.39, 0.29) is 5.12 Å². The molecule has 2 aromatic rings. The third kappa shape index (κ3) is 7.54. The first-order valence-electron chi connectivity index (χ1n) is 10.1. The molecule has 28 heavy (non-hydrogen) atoms. The standard InChI is InChI=1S/C12H9.C11H20NO2S.Sn/c1-3-7-11(8-4-1)12-9-5-2-6-10-12;1-11(13)15-10-4-2-3-5-12-6-8-14-9-7-12;/h1,3-10H;2H,3-10H2,1H3;. The van der Waals surface area contributed by atoms with Crippen LogP contribution in [0, 0.1) is 0 Å². The first-order chi connectivity index (χ1) is 13.7. The molecule has 0 spiro atoms. The molecule has 1 unspecified atom stereocenters. The topological polar surface area (TPSA) is 29.5 Å². The number of ether oxygens (including phenoxy) is 1. The summed E-state index contributed by atoms with van der Waals surface area (Å²) < 4.78 is 7.81. The van der Waals surface area contributed by atoms with Crippen LogP contribution in [0.25, 0.3) is 11.1 Å². The van der Waals surface area contributed by atoms with E-state index in [9.17, 15) is 4.79 Å². The van der Waals surface area contributed by atoms with Crippen LogP contribution in [0.1, 0.15) is 19.8 Å². The zero-order valence-corrected chi connectivity index (χ0v) is 20.3. The van der Waals surface area contributed by atoms with Gasteiger partial charge in [-0.25, -0.2) is 0 Å². The SMILES string of the molecule is CC(=O)SCC[CH](CCN1CCOCC1)[Sn][c]1ccc(-c2ccccc2)cc1. The van der Waals surface area contributed by atoms with Gasteiger partial charge < -0.3 is 0 Å². The Balaban J connectivity index is 1.57. The van der Waals surface area contributed by atoms with Crippen molar-refractivity contribution in [2.24, 2.45) is 0 Å². The van der Waals surface area contributed by atoms with Gasteiger partial charge in [0.25, 0.3) is 0 Å². The van der Waals surface area contributed by atoms with E-state index in [4.69, 9.17) is 4.74 Å². The van der Waals surface area contributed by atoms with E-state index in [1.165, 1.54) is 42.3 Å². The Labute approximate surface area is 183 Å². The van der Waals surface area contributed by atoms with Gasteiger partial charge in [-0.05, 0) is 0 Å². The number of hydrogen-bond donors (Lipinski definition) is 0. The van der Waals surface area contributed by atoms with E-state index < -0.39 is 21.1 Å². The molecule has 1 atom stereocenters. The Bertz CT molecular complexity index is 717. The van der Waals surface area contributed by atoms with Crippen molar-refractivity contribution in [2.75, 3.05) is 38.6 Å². The maximum atomic E-state index is 11.3. The molecule has 0 bridgehead atoms. The van der Waals surface area contributed by atoms with Gasteiger partial charge in [-0.2, -0.15) is 0 Å². The zero-order chi connectivity index (χ0) is 19.6. The molecular formula is C23H29NO2SSn. The number of benzene rings is 2. The second-order valence-electron chi connectivity index (χ2n) is 7.16. The fraction of sp³-hybridized carbons (Fsp3) is 0.435. The van der Waals surface area contributed by atoms with Gasteiger partial charge in [0, 0.05) is 0 Å². The number of carbonyl (C=O) groups excluding carboxylic acids is 1. The first kappa shape index (κ1) is 21.9. The fourth-order valence-corrected chi connectivity index (χ4v) is 8.68. The van der Waals surface area contributed by atoms with Gasteiger partial charge in [0.1, 0.15) is 0 Å². The van der Waals surface area contributed by atoms with E-state index >= 15 is 0 Å². The summed E-state index contributed by atoms with van der Waals surface area (Å²) in [6, 6.07) is 19.8. The van der Waals surface area contributed by atoms with Gasteiger partial charge in [0.2, 0.25) is 0 Å². The molecule has 5 heteroatoms. The van der Waals surface area contributed by atoms with Crippen molar-refractivity contribution < 1.29 is 9.53 Å². The van der Waals surface area contributed by atoms with Crippen molar-refractivity contribution in [1.82, 2.24) is 4.90 Å². The van der Waals surface area contributed by atoms with E-state index in [2.05, 4.69) is 59.5 Å². The molecule has 1 aliphatic heterocycles. The Morgan fingerprint density at radius 2 is 1.71 bits per heavy atom. The van der Waals surface area contributed by atoms with Crippen molar-refractivity contribution in [2.45, 2.75) is 23.7 Å². The molecule has 1 aliphatic rings. The molecule has 0 amide bonds. The Hall–Kier alpha value is -0.821. The predicted octanol–water partition coefficient (Wildman–Crippen LogP) is 3.86. The van der Waals surface area contributed by atoms with Gasteiger partial charge in [0.05, 0.1) is 0 Å². The average Bonchev–Trinajstić information content (AvgIpc) is 2.73. The molecule has 148 valence electrons. The van der Waals surface area contributed by atoms with E-state index in [1.807, 2.05) is 0 Å². The van der Waals surface area contributed by atoms with E-state index in [0.717, 1.165) is 36.0 Å². The van der Waals surface area contributed by atoms with Gasteiger partial charge in [-0.15, -0.1) is 0 Å². The zero-order valence-electron chi connectivity index (χ0n) is 16.6. The van der Waals surface area contributed by atoms with Crippen LogP contribution in [0.15, 0.2) is 54.6 Å². The van der Waals surface area contributed by atoms with Crippen molar-refractivity contribution in [3.63, 3.8) is 0 Å². The summed E-state index contributed by atoms with van der Waals surface area (Å²) in [5.41, 5.74) is 2.57. The maximum absolute atomic E-state index is 11.3. The van der Waals surface area contributed by atoms with Crippen molar-refractivity contribution in [3.05, 3.63) is 54.6 Å². The fourth-order valence-electron chi connectivity index (χ4n) is 3.42. The van der Waals surface area contributed by atoms with E-state index in [1.54, 1.807) is 10.5 Å². The van der Waals surface area contributed by atoms with Crippen molar-refractivity contribution >= 4 is 41.6 Å². The summed E-state index contributed by atoms with van der Waals surface area (Å²) in [5.74, 6) is 0.964. The second-order valence-corrected chi connectivity index (χ2v) is 13.2. The summed E-state index contributed by atoms with van der Waals surface area (Å²) in [4.78, 5) is 13.8. The van der Waals surface area contributed by atoms with Crippen molar-refractivity contribution in [1.29, 1.82) is 0 Å². The summed E-state index contributed by atoms with van der Waals surface area (Å²) >= 11 is 0.794. The molecule has 0 N–H and O–H groups in total. The molecule has 3 nitrogen and oxygen atoms in total. The molecule has 1 fully saturated rings. The van der Waals surface area contributed by atoms with E-state index in [0.29, 0.717) is 0 Å². The average molecular weight is 502 g/mol. The van der Waals surface area contributed by atoms with Crippen LogP contribution in [-0.2, 0) is 9.53 Å². The molecule has 1 saturated heterocycles. The Morgan fingerprint density at radius 1 is 1.04 bits per heavy atom.